The van der Waals surface area contributed by atoms with Crippen LogP contribution in [0.3, 0.4) is 0 Å². The normalized spacial score (nSPS) is 38.2. The Kier molecular flexibility index (Phi) is 2.13. The highest BCUT2D eigenvalue weighted by atomic mass is 15.2. The molecule has 86 valence electrons. The summed E-state index contributed by atoms with van der Waals surface area (Å²) in [5.41, 5.74) is 9.62. The lowest BCUT2D eigenvalue weighted by molar-refractivity contribution is 0.0921. The molecule has 2 unspecified atom stereocenters. The second-order valence-electron chi connectivity index (χ2n) is 5.68. The Balaban J connectivity index is 2.16. The minimum absolute atomic E-state index is 0.189. The van der Waals surface area contributed by atoms with Crippen molar-refractivity contribution >= 4 is 0 Å². The van der Waals surface area contributed by atoms with Crippen LogP contribution in [0.25, 0.3) is 0 Å². The molecule has 1 aromatic rings. The standard InChI is InChI=1S/C14H20N2/c1-14-7-8-16(2)12(9-14)13(15)10-5-3-4-6-11(10)14/h3-6,12-13H,7-9,15H2,1-2H3/t12?,13-,14?/m1/s1. The van der Waals surface area contributed by atoms with Crippen LogP contribution in [-0.4, -0.2) is 24.5 Å². The topological polar surface area (TPSA) is 29.3 Å². The van der Waals surface area contributed by atoms with Gasteiger partial charge in [0.1, 0.15) is 0 Å². The van der Waals surface area contributed by atoms with Gasteiger partial charge in [0, 0.05) is 12.1 Å². The van der Waals surface area contributed by atoms with Crippen molar-refractivity contribution in [2.75, 3.05) is 13.6 Å². The van der Waals surface area contributed by atoms with Gasteiger partial charge in [0.25, 0.3) is 0 Å². The summed E-state index contributed by atoms with van der Waals surface area (Å²) in [6.45, 7) is 3.57. The molecule has 2 heteroatoms. The maximum absolute atomic E-state index is 6.40. The lowest BCUT2D eigenvalue weighted by atomic mass is 9.64. The highest BCUT2D eigenvalue weighted by Gasteiger charge is 2.44. The molecule has 16 heavy (non-hydrogen) atoms. The summed E-state index contributed by atoms with van der Waals surface area (Å²) in [6, 6.07) is 9.46. The predicted octanol–water partition coefficient (Wildman–Crippen LogP) is 2.05. The SMILES string of the molecule is CN1CCC2(C)CC1[C@H](N)c1ccccc12. The fraction of sp³-hybridized carbons (Fsp3) is 0.571. The Morgan fingerprint density at radius 1 is 1.38 bits per heavy atom. The van der Waals surface area contributed by atoms with Crippen LogP contribution in [-0.2, 0) is 5.41 Å². The summed E-state index contributed by atoms with van der Waals surface area (Å²) in [4.78, 5) is 2.43. The number of hydrogen-bond acceptors (Lipinski definition) is 2. The Bertz CT molecular complexity index is 415. The van der Waals surface area contributed by atoms with E-state index in [4.69, 9.17) is 5.73 Å². The molecule has 0 spiro atoms. The first-order valence-corrected chi connectivity index (χ1v) is 6.17. The van der Waals surface area contributed by atoms with Gasteiger partial charge in [-0.3, -0.25) is 0 Å². The molecule has 2 N–H and O–H groups in total. The van der Waals surface area contributed by atoms with Gasteiger partial charge < -0.3 is 10.6 Å². The van der Waals surface area contributed by atoms with Crippen LogP contribution in [0, 0.1) is 0 Å². The van der Waals surface area contributed by atoms with Gasteiger partial charge in [-0.1, -0.05) is 31.2 Å². The van der Waals surface area contributed by atoms with E-state index in [1.807, 2.05) is 0 Å². The van der Waals surface area contributed by atoms with E-state index in [1.165, 1.54) is 30.5 Å². The van der Waals surface area contributed by atoms with Gasteiger partial charge in [-0.15, -0.1) is 0 Å². The number of piperidine rings is 1. The second-order valence-corrected chi connectivity index (χ2v) is 5.68. The molecular formula is C14H20N2. The molecule has 1 heterocycles. The lowest BCUT2D eigenvalue weighted by Gasteiger charge is -2.51. The number of benzene rings is 1. The molecule has 0 amide bonds. The second kappa shape index (κ2) is 3.31. The number of rotatable bonds is 0. The molecule has 1 aliphatic heterocycles. The maximum atomic E-state index is 6.40. The van der Waals surface area contributed by atoms with Gasteiger partial charge in [0.15, 0.2) is 0 Å². The quantitative estimate of drug-likeness (QED) is 0.719. The van der Waals surface area contributed by atoms with Crippen molar-refractivity contribution < 1.29 is 0 Å². The van der Waals surface area contributed by atoms with E-state index >= 15 is 0 Å². The third-order valence-corrected chi connectivity index (χ3v) is 4.63. The summed E-state index contributed by atoms with van der Waals surface area (Å²) in [7, 11) is 2.21. The number of nitrogens with zero attached hydrogens (tertiary/aromatic N) is 1. The van der Waals surface area contributed by atoms with Gasteiger partial charge in [-0.05, 0) is 43.0 Å². The Labute approximate surface area is 97.4 Å². The maximum Gasteiger partial charge on any atom is 0.0456 e. The molecule has 1 fully saturated rings. The molecule has 0 aromatic heterocycles. The molecule has 2 bridgehead atoms. The monoisotopic (exact) mass is 216 g/mol. The van der Waals surface area contributed by atoms with Gasteiger partial charge >= 0.3 is 0 Å². The fourth-order valence-corrected chi connectivity index (χ4v) is 3.50. The van der Waals surface area contributed by atoms with Crippen molar-refractivity contribution in [3.05, 3.63) is 35.4 Å². The van der Waals surface area contributed by atoms with Crippen LogP contribution >= 0.6 is 0 Å². The van der Waals surface area contributed by atoms with Crippen LogP contribution in [0.1, 0.15) is 36.9 Å². The van der Waals surface area contributed by atoms with Crippen LogP contribution in [0.2, 0.25) is 0 Å². The van der Waals surface area contributed by atoms with E-state index in [-0.39, 0.29) is 6.04 Å². The molecule has 1 saturated heterocycles. The molecule has 3 rings (SSSR count). The number of likely N-dealkylation sites (N-methyl/N-ethyl adjacent to an activating group) is 1. The zero-order chi connectivity index (χ0) is 11.3. The first-order valence-electron chi connectivity index (χ1n) is 6.17. The minimum Gasteiger partial charge on any atom is -0.323 e. The Hall–Kier alpha value is -0.860. The average molecular weight is 216 g/mol. The first kappa shape index (κ1) is 10.3. The minimum atomic E-state index is 0.189. The van der Waals surface area contributed by atoms with E-state index < -0.39 is 0 Å². The van der Waals surface area contributed by atoms with Crippen molar-refractivity contribution in [3.8, 4) is 0 Å². The van der Waals surface area contributed by atoms with Crippen LogP contribution in [0.4, 0.5) is 0 Å². The van der Waals surface area contributed by atoms with E-state index in [0.29, 0.717) is 11.5 Å². The molecule has 3 atom stereocenters. The molecule has 1 aromatic carbocycles. The molecule has 0 saturated carbocycles. The summed E-state index contributed by atoms with van der Waals surface area (Å²) < 4.78 is 0. The predicted molar refractivity (Wildman–Crippen MR) is 66.4 cm³/mol. The van der Waals surface area contributed by atoms with Gasteiger partial charge in [-0.2, -0.15) is 0 Å². The smallest absolute Gasteiger partial charge is 0.0456 e. The molecule has 0 radical (unpaired) electrons. The Morgan fingerprint density at radius 2 is 2.12 bits per heavy atom. The number of hydrogen-bond donors (Lipinski definition) is 1. The van der Waals surface area contributed by atoms with E-state index in [0.717, 1.165) is 0 Å². The first-order chi connectivity index (χ1) is 7.62. The third kappa shape index (κ3) is 1.26. The summed E-state index contributed by atoms with van der Waals surface area (Å²) >= 11 is 0. The number of nitrogens with two attached hydrogens (primary N) is 1. The Morgan fingerprint density at radius 3 is 2.94 bits per heavy atom. The molecule has 2 aliphatic rings. The van der Waals surface area contributed by atoms with Crippen molar-refractivity contribution in [2.45, 2.75) is 37.3 Å². The number of fused-ring (bicyclic) bond motifs is 4. The van der Waals surface area contributed by atoms with Gasteiger partial charge in [0.05, 0.1) is 0 Å². The van der Waals surface area contributed by atoms with E-state index in [2.05, 4.69) is 43.1 Å². The van der Waals surface area contributed by atoms with E-state index in [1.54, 1.807) is 0 Å². The third-order valence-electron chi connectivity index (χ3n) is 4.63. The summed E-state index contributed by atoms with van der Waals surface area (Å²) in [6.07, 6.45) is 2.46. The van der Waals surface area contributed by atoms with Crippen molar-refractivity contribution in [1.82, 2.24) is 4.90 Å². The lowest BCUT2D eigenvalue weighted by Crippen LogP contribution is -2.54. The molecule has 2 nitrogen and oxygen atoms in total. The van der Waals surface area contributed by atoms with Gasteiger partial charge in [-0.25, -0.2) is 0 Å². The highest BCUT2D eigenvalue weighted by Crippen LogP contribution is 2.47. The van der Waals surface area contributed by atoms with Crippen molar-refractivity contribution in [1.29, 1.82) is 0 Å². The van der Waals surface area contributed by atoms with Crippen molar-refractivity contribution in [3.63, 3.8) is 0 Å². The number of likely N-dealkylation sites (tertiary alicyclic amines) is 1. The molecular weight excluding hydrogens is 196 g/mol. The summed E-state index contributed by atoms with van der Waals surface area (Å²) in [5.74, 6) is 0. The van der Waals surface area contributed by atoms with Crippen LogP contribution < -0.4 is 5.73 Å². The largest absolute Gasteiger partial charge is 0.323 e. The van der Waals surface area contributed by atoms with Crippen LogP contribution in [0.5, 0.6) is 0 Å². The summed E-state index contributed by atoms with van der Waals surface area (Å²) in [5, 5.41) is 0. The zero-order valence-electron chi connectivity index (χ0n) is 10.1. The van der Waals surface area contributed by atoms with Crippen LogP contribution in [0.15, 0.2) is 24.3 Å². The van der Waals surface area contributed by atoms with Crippen molar-refractivity contribution in [2.24, 2.45) is 5.73 Å². The highest BCUT2D eigenvalue weighted by molar-refractivity contribution is 5.41. The zero-order valence-corrected chi connectivity index (χ0v) is 10.1. The van der Waals surface area contributed by atoms with Gasteiger partial charge in [0.2, 0.25) is 0 Å². The molecule has 1 aliphatic carbocycles. The fourth-order valence-electron chi connectivity index (χ4n) is 3.50. The average Bonchev–Trinajstić information content (AvgIpc) is 2.31. The van der Waals surface area contributed by atoms with E-state index in [9.17, 15) is 0 Å².